The van der Waals surface area contributed by atoms with Crippen molar-refractivity contribution >= 4 is 11.8 Å². The highest BCUT2D eigenvalue weighted by Crippen LogP contribution is 2.49. The van der Waals surface area contributed by atoms with Gasteiger partial charge in [-0.1, -0.05) is 0 Å². The zero-order valence-electron chi connectivity index (χ0n) is 11.9. The largest absolute Gasteiger partial charge is 0.433 e. The van der Waals surface area contributed by atoms with Gasteiger partial charge in [-0.3, -0.25) is 0 Å². The van der Waals surface area contributed by atoms with Crippen LogP contribution in [0.4, 0.5) is 24.9 Å². The number of nitrogens with one attached hydrogen (secondary N) is 2. The minimum absolute atomic E-state index is 0.0123. The first-order valence-electron chi connectivity index (χ1n) is 7.35. The summed E-state index contributed by atoms with van der Waals surface area (Å²) in [6.45, 7) is 0.701. The van der Waals surface area contributed by atoms with E-state index < -0.39 is 11.9 Å². The minimum Gasteiger partial charge on any atom is -0.370 e. The third-order valence-electron chi connectivity index (χ3n) is 4.21. The number of halogens is 3. The number of hydrogen-bond acceptors (Lipinski definition) is 4. The average molecular weight is 300 g/mol. The molecule has 2 aliphatic rings. The van der Waals surface area contributed by atoms with Gasteiger partial charge in [-0.25, -0.2) is 4.98 Å². The maximum absolute atomic E-state index is 12.8. The fourth-order valence-electron chi connectivity index (χ4n) is 2.78. The monoisotopic (exact) mass is 300 g/mol. The zero-order chi connectivity index (χ0) is 15.0. The third kappa shape index (κ3) is 3.57. The molecular formula is C14H19F3N4. The van der Waals surface area contributed by atoms with Crippen LogP contribution < -0.4 is 10.6 Å². The highest BCUT2D eigenvalue weighted by molar-refractivity contribution is 5.43. The van der Waals surface area contributed by atoms with E-state index in [1.54, 1.807) is 0 Å². The zero-order valence-corrected chi connectivity index (χ0v) is 11.9. The van der Waals surface area contributed by atoms with E-state index in [1.807, 2.05) is 0 Å². The van der Waals surface area contributed by atoms with E-state index in [4.69, 9.17) is 0 Å². The van der Waals surface area contributed by atoms with Gasteiger partial charge < -0.3 is 10.6 Å². The van der Waals surface area contributed by atoms with Crippen LogP contribution >= 0.6 is 0 Å². The molecule has 2 fully saturated rings. The van der Waals surface area contributed by atoms with Crippen LogP contribution in [0.1, 0.15) is 31.4 Å². The molecule has 116 valence electrons. The van der Waals surface area contributed by atoms with Crippen molar-refractivity contribution in [2.75, 3.05) is 24.2 Å². The van der Waals surface area contributed by atoms with E-state index in [1.165, 1.54) is 32.7 Å². The van der Waals surface area contributed by atoms with Crippen LogP contribution in [0.3, 0.4) is 0 Å². The lowest BCUT2D eigenvalue weighted by Crippen LogP contribution is -2.20. The van der Waals surface area contributed by atoms with Crippen LogP contribution in [0.25, 0.3) is 0 Å². The summed E-state index contributed by atoms with van der Waals surface area (Å²) in [5.41, 5.74) is -0.918. The summed E-state index contributed by atoms with van der Waals surface area (Å²) in [4.78, 5) is 7.52. The van der Waals surface area contributed by atoms with Crippen LogP contribution in [0.2, 0.25) is 0 Å². The van der Waals surface area contributed by atoms with Crippen molar-refractivity contribution in [1.82, 2.24) is 9.97 Å². The highest BCUT2D eigenvalue weighted by Gasteiger charge is 2.41. The number of alkyl halides is 3. The summed E-state index contributed by atoms with van der Waals surface area (Å²) < 4.78 is 38.4. The Morgan fingerprint density at radius 2 is 1.81 bits per heavy atom. The van der Waals surface area contributed by atoms with E-state index in [2.05, 4.69) is 20.6 Å². The Balaban J connectivity index is 1.71. The van der Waals surface area contributed by atoms with Crippen LogP contribution in [-0.4, -0.2) is 23.6 Å². The van der Waals surface area contributed by atoms with Gasteiger partial charge in [0, 0.05) is 19.7 Å². The van der Waals surface area contributed by atoms with Gasteiger partial charge in [0.05, 0.1) is 0 Å². The summed E-state index contributed by atoms with van der Waals surface area (Å²) in [5, 5.41) is 5.66. The molecule has 0 aliphatic heterocycles. The van der Waals surface area contributed by atoms with Gasteiger partial charge in [-0.2, -0.15) is 18.2 Å². The maximum atomic E-state index is 12.8. The Labute approximate surface area is 121 Å². The lowest BCUT2D eigenvalue weighted by molar-refractivity contribution is -0.141. The molecule has 0 saturated heterocycles. The van der Waals surface area contributed by atoms with Crippen molar-refractivity contribution in [2.45, 2.75) is 31.9 Å². The topological polar surface area (TPSA) is 49.8 Å². The third-order valence-corrected chi connectivity index (χ3v) is 4.21. The molecule has 0 amide bonds. The second-order valence-corrected chi connectivity index (χ2v) is 5.93. The average Bonchev–Trinajstić information content (AvgIpc) is 3.30. The van der Waals surface area contributed by atoms with Crippen molar-refractivity contribution in [2.24, 2.45) is 17.8 Å². The number of hydrogen-bond donors (Lipinski definition) is 2. The van der Waals surface area contributed by atoms with Gasteiger partial charge in [0.15, 0.2) is 5.69 Å². The molecule has 0 atom stereocenters. The molecule has 2 N–H and O–H groups in total. The molecule has 1 aromatic rings. The lowest BCUT2D eigenvalue weighted by atomic mass is 9.98. The quantitative estimate of drug-likeness (QED) is 0.845. The maximum Gasteiger partial charge on any atom is 0.433 e. The van der Waals surface area contributed by atoms with Crippen molar-refractivity contribution in [3.05, 3.63) is 11.8 Å². The van der Waals surface area contributed by atoms with Crippen molar-refractivity contribution in [1.29, 1.82) is 0 Å². The normalized spacial score (nSPS) is 18.9. The van der Waals surface area contributed by atoms with E-state index in [0.29, 0.717) is 12.5 Å². The Hall–Kier alpha value is -1.53. The molecule has 0 spiro atoms. The Kier molecular flexibility index (Phi) is 3.67. The highest BCUT2D eigenvalue weighted by atomic mass is 19.4. The predicted molar refractivity (Wildman–Crippen MR) is 74.0 cm³/mol. The smallest absolute Gasteiger partial charge is 0.370 e. The first kappa shape index (κ1) is 14.4. The van der Waals surface area contributed by atoms with Gasteiger partial charge in [0.1, 0.15) is 5.82 Å². The first-order chi connectivity index (χ1) is 9.97. The van der Waals surface area contributed by atoms with Gasteiger partial charge >= 0.3 is 6.18 Å². The lowest BCUT2D eigenvalue weighted by Gasteiger charge is -2.17. The van der Waals surface area contributed by atoms with Crippen LogP contribution in [0, 0.1) is 17.8 Å². The van der Waals surface area contributed by atoms with Crippen molar-refractivity contribution in [3.63, 3.8) is 0 Å². The van der Waals surface area contributed by atoms with Crippen LogP contribution in [-0.2, 0) is 6.18 Å². The standard InChI is InChI=1S/C14H19F3N4/c1-18-13-20-11(14(15,16)17)6-12(21-13)19-7-10(8-2-3-8)9-4-5-9/h6,8-10H,2-5,7H2,1H3,(H2,18,19,20,21). The molecule has 7 heteroatoms. The fourth-order valence-corrected chi connectivity index (χ4v) is 2.78. The van der Waals surface area contributed by atoms with Crippen LogP contribution in [0.15, 0.2) is 6.07 Å². The SMILES string of the molecule is CNc1nc(NCC(C2CC2)C2CC2)cc(C(F)(F)F)n1. The van der Waals surface area contributed by atoms with Gasteiger partial charge in [-0.05, 0) is 43.4 Å². The Bertz CT molecular complexity index is 497. The summed E-state index contributed by atoms with van der Waals surface area (Å²) in [6.07, 6.45) is 0.548. The van der Waals surface area contributed by atoms with Gasteiger partial charge in [-0.15, -0.1) is 0 Å². The predicted octanol–water partition coefficient (Wildman–Crippen LogP) is 3.39. The molecule has 0 aromatic carbocycles. The number of anilines is 2. The van der Waals surface area contributed by atoms with Gasteiger partial charge in [0.25, 0.3) is 0 Å². The van der Waals surface area contributed by atoms with Crippen molar-refractivity contribution in [3.8, 4) is 0 Å². The summed E-state index contributed by atoms with van der Waals surface area (Å²) in [5.74, 6) is 2.30. The second kappa shape index (κ2) is 5.35. The number of rotatable bonds is 6. The van der Waals surface area contributed by atoms with E-state index in [0.717, 1.165) is 17.9 Å². The molecule has 2 saturated carbocycles. The van der Waals surface area contributed by atoms with Crippen LogP contribution in [0.5, 0.6) is 0 Å². The molecule has 2 aliphatic carbocycles. The number of nitrogens with zero attached hydrogens (tertiary/aromatic N) is 2. The van der Waals surface area contributed by atoms with E-state index >= 15 is 0 Å². The Morgan fingerprint density at radius 3 is 2.29 bits per heavy atom. The summed E-state index contributed by atoms with van der Waals surface area (Å²) in [7, 11) is 1.51. The molecule has 0 unspecified atom stereocenters. The minimum atomic E-state index is -4.46. The second-order valence-electron chi connectivity index (χ2n) is 5.93. The summed E-state index contributed by atoms with van der Waals surface area (Å²) in [6, 6.07) is 0.984. The Morgan fingerprint density at radius 1 is 1.19 bits per heavy atom. The molecule has 0 bridgehead atoms. The molecular weight excluding hydrogens is 281 g/mol. The molecule has 4 nitrogen and oxygen atoms in total. The fraction of sp³-hybridized carbons (Fsp3) is 0.714. The van der Waals surface area contributed by atoms with E-state index in [9.17, 15) is 13.2 Å². The molecule has 1 heterocycles. The van der Waals surface area contributed by atoms with E-state index in [-0.39, 0.29) is 11.8 Å². The van der Waals surface area contributed by atoms with Crippen molar-refractivity contribution < 1.29 is 13.2 Å². The molecule has 21 heavy (non-hydrogen) atoms. The summed E-state index contributed by atoms with van der Waals surface area (Å²) >= 11 is 0. The number of aromatic nitrogens is 2. The first-order valence-corrected chi connectivity index (χ1v) is 7.35. The van der Waals surface area contributed by atoms with Gasteiger partial charge in [0.2, 0.25) is 5.95 Å². The molecule has 3 rings (SSSR count). The molecule has 1 aromatic heterocycles. The molecule has 0 radical (unpaired) electrons.